The Morgan fingerprint density at radius 2 is 1.90 bits per heavy atom. The molecule has 0 radical (unpaired) electrons. The van der Waals surface area contributed by atoms with Crippen LogP contribution in [0.25, 0.3) is 0 Å². The van der Waals surface area contributed by atoms with Gasteiger partial charge in [0, 0.05) is 19.8 Å². The van der Waals surface area contributed by atoms with Gasteiger partial charge in [0.1, 0.15) is 0 Å². The maximum atomic E-state index is 12.5. The zero-order valence-corrected chi connectivity index (χ0v) is 14.6. The summed E-state index contributed by atoms with van der Waals surface area (Å²) in [6.45, 7) is 4.88. The van der Waals surface area contributed by atoms with Crippen molar-refractivity contribution in [3.8, 4) is 0 Å². The molecular weight excluding hydrogens is 354 g/mol. The molecule has 0 N–H and O–H groups in total. The van der Waals surface area contributed by atoms with E-state index in [9.17, 15) is 8.42 Å². The van der Waals surface area contributed by atoms with Crippen molar-refractivity contribution in [3.63, 3.8) is 0 Å². The van der Waals surface area contributed by atoms with E-state index in [1.807, 2.05) is 20.0 Å². The van der Waals surface area contributed by atoms with Crippen LogP contribution in [0.3, 0.4) is 0 Å². The van der Waals surface area contributed by atoms with Crippen LogP contribution < -0.4 is 0 Å². The maximum absolute atomic E-state index is 12.5. The van der Waals surface area contributed by atoms with Crippen LogP contribution >= 0.6 is 15.9 Å². The van der Waals surface area contributed by atoms with E-state index >= 15 is 0 Å². The summed E-state index contributed by atoms with van der Waals surface area (Å²) in [5, 5.41) is 4.35. The minimum atomic E-state index is -3.50. The van der Waals surface area contributed by atoms with Crippen LogP contribution in [0.2, 0.25) is 0 Å². The van der Waals surface area contributed by atoms with Gasteiger partial charge in [0.05, 0.1) is 21.6 Å². The highest BCUT2D eigenvalue weighted by atomic mass is 79.9. The lowest BCUT2D eigenvalue weighted by Crippen LogP contribution is -2.27. The summed E-state index contributed by atoms with van der Waals surface area (Å²) in [5.41, 5.74) is 1.73. The highest BCUT2D eigenvalue weighted by Crippen LogP contribution is 2.21. The summed E-state index contributed by atoms with van der Waals surface area (Å²) in [5.74, 6) is 0. The summed E-state index contributed by atoms with van der Waals surface area (Å²) in [6, 6.07) is 6.84. The number of aromatic nitrogens is 2. The summed E-state index contributed by atoms with van der Waals surface area (Å²) >= 11 is 3.41. The number of rotatable bonds is 5. The maximum Gasteiger partial charge on any atom is 0.243 e. The first kappa shape index (κ1) is 16.2. The van der Waals surface area contributed by atoms with E-state index in [-0.39, 0.29) is 6.54 Å². The molecule has 0 fully saturated rings. The Morgan fingerprint density at radius 1 is 1.29 bits per heavy atom. The van der Waals surface area contributed by atoms with Gasteiger partial charge in [0.15, 0.2) is 0 Å². The van der Waals surface area contributed by atoms with E-state index in [2.05, 4.69) is 21.0 Å². The van der Waals surface area contributed by atoms with Crippen molar-refractivity contribution in [1.29, 1.82) is 0 Å². The molecule has 0 unspecified atom stereocenters. The highest BCUT2D eigenvalue weighted by molar-refractivity contribution is 9.10. The average molecular weight is 372 g/mol. The molecule has 21 heavy (non-hydrogen) atoms. The molecule has 1 aromatic heterocycles. The Hall–Kier alpha value is -1.18. The molecule has 0 saturated carbocycles. The van der Waals surface area contributed by atoms with Gasteiger partial charge in [-0.05, 0) is 41.9 Å². The zero-order chi connectivity index (χ0) is 15.6. The molecular formula is C14H18BrN3O2S. The van der Waals surface area contributed by atoms with Gasteiger partial charge >= 0.3 is 0 Å². The second-order valence-electron chi connectivity index (χ2n) is 4.85. The molecule has 2 aromatic rings. The standard InChI is InChI=1S/C14H18BrN3O2S/c1-4-18-9-13(15)14(16-18)10-17(3)21(19,20)12-7-5-11(2)6-8-12/h5-9H,4,10H2,1-3H3. The lowest BCUT2D eigenvalue weighted by molar-refractivity contribution is 0.458. The second-order valence-corrected chi connectivity index (χ2v) is 7.75. The lowest BCUT2D eigenvalue weighted by atomic mass is 10.2. The fraction of sp³-hybridized carbons (Fsp3) is 0.357. The predicted molar refractivity (Wildman–Crippen MR) is 85.4 cm³/mol. The predicted octanol–water partition coefficient (Wildman–Crippen LogP) is 2.79. The van der Waals surface area contributed by atoms with Crippen LogP contribution in [0.1, 0.15) is 18.2 Å². The first-order valence-electron chi connectivity index (χ1n) is 6.59. The Balaban J connectivity index is 2.24. The van der Waals surface area contributed by atoms with Crippen molar-refractivity contribution in [3.05, 3.63) is 46.2 Å². The average Bonchev–Trinajstić information content (AvgIpc) is 2.80. The molecule has 0 amide bonds. The first-order chi connectivity index (χ1) is 9.84. The molecule has 2 rings (SSSR count). The van der Waals surface area contributed by atoms with Gasteiger partial charge in [-0.3, -0.25) is 4.68 Å². The summed E-state index contributed by atoms with van der Waals surface area (Å²) in [6.07, 6.45) is 1.85. The number of halogens is 1. The number of hydrogen-bond donors (Lipinski definition) is 0. The third kappa shape index (κ3) is 3.53. The Kier molecular flexibility index (Phi) is 4.85. The zero-order valence-electron chi connectivity index (χ0n) is 12.2. The van der Waals surface area contributed by atoms with Crippen molar-refractivity contribution in [2.24, 2.45) is 0 Å². The van der Waals surface area contributed by atoms with Gasteiger partial charge in [-0.1, -0.05) is 17.7 Å². The minimum Gasteiger partial charge on any atom is -0.272 e. The fourth-order valence-corrected chi connectivity index (χ4v) is 3.47. The Labute approximate surface area is 133 Å². The number of nitrogens with zero attached hydrogens (tertiary/aromatic N) is 3. The van der Waals surface area contributed by atoms with E-state index in [0.29, 0.717) is 10.6 Å². The van der Waals surface area contributed by atoms with Crippen LogP contribution in [0.15, 0.2) is 39.8 Å². The van der Waals surface area contributed by atoms with Crippen molar-refractivity contribution in [2.45, 2.75) is 31.8 Å². The summed E-state index contributed by atoms with van der Waals surface area (Å²) in [7, 11) is -1.94. The van der Waals surface area contributed by atoms with Gasteiger partial charge in [0.25, 0.3) is 0 Å². The van der Waals surface area contributed by atoms with Gasteiger partial charge in [-0.15, -0.1) is 0 Å². The highest BCUT2D eigenvalue weighted by Gasteiger charge is 2.22. The number of benzene rings is 1. The van der Waals surface area contributed by atoms with Crippen LogP contribution in [-0.4, -0.2) is 29.6 Å². The minimum absolute atomic E-state index is 0.226. The molecule has 0 aliphatic heterocycles. The van der Waals surface area contributed by atoms with Gasteiger partial charge in [-0.2, -0.15) is 9.40 Å². The molecule has 1 heterocycles. The van der Waals surface area contributed by atoms with Crippen molar-refractivity contribution >= 4 is 26.0 Å². The molecule has 0 atom stereocenters. The van der Waals surface area contributed by atoms with Gasteiger partial charge < -0.3 is 0 Å². The van der Waals surface area contributed by atoms with E-state index < -0.39 is 10.0 Å². The smallest absolute Gasteiger partial charge is 0.243 e. The van der Waals surface area contributed by atoms with E-state index in [1.54, 1.807) is 36.0 Å². The SMILES string of the molecule is CCn1cc(Br)c(CN(C)S(=O)(=O)c2ccc(C)cc2)n1. The summed E-state index contributed by atoms with van der Waals surface area (Å²) in [4.78, 5) is 0.293. The molecule has 114 valence electrons. The van der Waals surface area contributed by atoms with E-state index in [1.165, 1.54) is 4.31 Å². The van der Waals surface area contributed by atoms with Gasteiger partial charge in [0.2, 0.25) is 10.0 Å². The largest absolute Gasteiger partial charge is 0.272 e. The normalized spacial score (nSPS) is 12.0. The molecule has 0 spiro atoms. The topological polar surface area (TPSA) is 55.2 Å². The molecule has 0 bridgehead atoms. The van der Waals surface area contributed by atoms with E-state index in [4.69, 9.17) is 0 Å². The Morgan fingerprint density at radius 3 is 2.43 bits per heavy atom. The van der Waals surface area contributed by atoms with Gasteiger partial charge in [-0.25, -0.2) is 8.42 Å². The molecule has 0 aliphatic carbocycles. The summed E-state index contributed by atoms with van der Waals surface area (Å²) < 4.78 is 28.9. The number of hydrogen-bond acceptors (Lipinski definition) is 3. The lowest BCUT2D eigenvalue weighted by Gasteiger charge is -2.16. The van der Waals surface area contributed by atoms with Crippen LogP contribution in [0, 0.1) is 6.92 Å². The number of aryl methyl sites for hydroxylation is 2. The van der Waals surface area contributed by atoms with Crippen LogP contribution in [0.5, 0.6) is 0 Å². The van der Waals surface area contributed by atoms with Crippen LogP contribution in [-0.2, 0) is 23.1 Å². The molecule has 0 saturated heterocycles. The monoisotopic (exact) mass is 371 g/mol. The molecule has 5 nitrogen and oxygen atoms in total. The molecule has 0 aliphatic rings. The first-order valence-corrected chi connectivity index (χ1v) is 8.82. The quantitative estimate of drug-likeness (QED) is 0.811. The third-order valence-electron chi connectivity index (χ3n) is 3.21. The number of sulfonamides is 1. The third-order valence-corrected chi connectivity index (χ3v) is 5.69. The van der Waals surface area contributed by atoms with Crippen molar-refractivity contribution in [2.75, 3.05) is 7.05 Å². The van der Waals surface area contributed by atoms with Crippen LogP contribution in [0.4, 0.5) is 0 Å². The Bertz CT molecular complexity index is 723. The van der Waals surface area contributed by atoms with E-state index in [0.717, 1.165) is 16.6 Å². The molecule has 7 heteroatoms. The molecule has 1 aromatic carbocycles. The van der Waals surface area contributed by atoms with Crippen molar-refractivity contribution in [1.82, 2.24) is 14.1 Å². The van der Waals surface area contributed by atoms with Crippen molar-refractivity contribution < 1.29 is 8.42 Å². The second kappa shape index (κ2) is 6.29. The fourth-order valence-electron chi connectivity index (χ4n) is 1.89.